The van der Waals surface area contributed by atoms with E-state index < -0.39 is 16.9 Å². The summed E-state index contributed by atoms with van der Waals surface area (Å²) in [5.74, 6) is -0.173. The molecule has 2 atom stereocenters. The number of carboxylic acid groups (broad SMARTS) is 1. The predicted molar refractivity (Wildman–Crippen MR) is 125 cm³/mol. The molecule has 2 aromatic carbocycles. The van der Waals surface area contributed by atoms with E-state index in [0.717, 1.165) is 35.7 Å². The van der Waals surface area contributed by atoms with Crippen molar-refractivity contribution in [2.24, 2.45) is 5.92 Å². The highest BCUT2D eigenvalue weighted by atomic mass is 32.2. The van der Waals surface area contributed by atoms with E-state index in [9.17, 15) is 18.3 Å². The number of fused-ring (bicyclic) bond motifs is 3. The Labute approximate surface area is 189 Å². The smallest absolute Gasteiger partial charge is 0.341 e. The maximum absolute atomic E-state index is 12.4. The molecule has 0 bridgehead atoms. The topological polar surface area (TPSA) is 99.2 Å². The van der Waals surface area contributed by atoms with Crippen LogP contribution in [0.5, 0.6) is 5.75 Å². The molecule has 1 fully saturated rings. The van der Waals surface area contributed by atoms with Crippen LogP contribution in [0.1, 0.15) is 41.1 Å². The van der Waals surface area contributed by atoms with Crippen LogP contribution in [0.25, 0.3) is 0 Å². The van der Waals surface area contributed by atoms with Gasteiger partial charge in [0.2, 0.25) is 10.9 Å². The Morgan fingerprint density at radius 1 is 1.16 bits per heavy atom. The van der Waals surface area contributed by atoms with E-state index in [4.69, 9.17) is 4.74 Å². The van der Waals surface area contributed by atoms with Crippen molar-refractivity contribution < 1.29 is 23.1 Å². The lowest BCUT2D eigenvalue weighted by molar-refractivity contribution is 0.0692. The van der Waals surface area contributed by atoms with Crippen molar-refractivity contribution in [2.45, 2.75) is 25.2 Å². The fourth-order valence-electron chi connectivity index (χ4n) is 4.31. The molecular formula is C23H29N3O5S. The SMILES string of the molecule is CN(C)CCCCNc1ccccc1N(c1ccc2c(c1C(=O)O)OC[C@H]1C[C@@H]21)[SH](=O)=O. The molecule has 172 valence electrons. The van der Waals surface area contributed by atoms with Gasteiger partial charge in [0.15, 0.2) is 0 Å². The first-order chi connectivity index (χ1) is 15.4. The first-order valence-electron chi connectivity index (χ1n) is 10.8. The molecule has 32 heavy (non-hydrogen) atoms. The van der Waals surface area contributed by atoms with Crippen LogP contribution in [0.15, 0.2) is 36.4 Å². The summed E-state index contributed by atoms with van der Waals surface area (Å²) in [7, 11) is 0.900. The molecule has 9 heteroatoms. The number of hydrogen-bond acceptors (Lipinski definition) is 6. The molecule has 2 aromatic rings. The van der Waals surface area contributed by atoms with E-state index in [1.54, 1.807) is 24.3 Å². The molecule has 1 aliphatic heterocycles. The number of unbranched alkanes of at least 4 members (excludes halogenated alkanes) is 1. The summed E-state index contributed by atoms with van der Waals surface area (Å²) in [5, 5.41) is 13.3. The number of nitrogens with one attached hydrogen (secondary N) is 1. The molecule has 0 aromatic heterocycles. The largest absolute Gasteiger partial charge is 0.492 e. The standard InChI is InChI=1S/C23H29N3O5S/c1-25(2)12-6-5-11-24-18-7-3-4-8-19(18)26(32(29)30)20-10-9-16-17-13-15(17)14-31-22(16)21(20)23(27)28/h3-4,7-10,15,17,24,32H,5-6,11-14H2,1-2H3,(H,27,28)/t15-,17-/m1/s1. The molecule has 0 spiro atoms. The Morgan fingerprint density at radius 3 is 2.66 bits per heavy atom. The maximum Gasteiger partial charge on any atom is 0.341 e. The Hall–Kier alpha value is -2.78. The normalized spacial score (nSPS) is 18.6. The number of ether oxygens (including phenoxy) is 1. The summed E-state index contributed by atoms with van der Waals surface area (Å²) < 4.78 is 31.7. The minimum Gasteiger partial charge on any atom is -0.492 e. The minimum atomic E-state index is -3.15. The third-order valence-corrected chi connectivity index (χ3v) is 6.77. The molecular weight excluding hydrogens is 430 g/mol. The summed E-state index contributed by atoms with van der Waals surface area (Å²) in [6.07, 6.45) is 2.91. The summed E-state index contributed by atoms with van der Waals surface area (Å²) in [4.78, 5) is 14.4. The van der Waals surface area contributed by atoms with Crippen LogP contribution < -0.4 is 14.4 Å². The molecule has 2 aliphatic rings. The number of benzene rings is 2. The number of carboxylic acids is 1. The first kappa shape index (κ1) is 22.4. The van der Waals surface area contributed by atoms with Gasteiger partial charge in [0.1, 0.15) is 11.3 Å². The van der Waals surface area contributed by atoms with Crippen LogP contribution in [0.4, 0.5) is 17.1 Å². The van der Waals surface area contributed by atoms with Crippen LogP contribution in [-0.4, -0.2) is 58.2 Å². The number of rotatable bonds is 10. The van der Waals surface area contributed by atoms with E-state index in [0.29, 0.717) is 42.1 Å². The number of anilines is 3. The molecule has 0 amide bonds. The van der Waals surface area contributed by atoms with E-state index >= 15 is 0 Å². The van der Waals surface area contributed by atoms with Crippen molar-refractivity contribution >= 4 is 33.9 Å². The molecule has 0 unspecified atom stereocenters. The Morgan fingerprint density at radius 2 is 1.94 bits per heavy atom. The minimum absolute atomic E-state index is 0.0910. The Balaban J connectivity index is 1.68. The third kappa shape index (κ3) is 4.54. The lowest BCUT2D eigenvalue weighted by Gasteiger charge is -2.26. The molecule has 1 aliphatic carbocycles. The van der Waals surface area contributed by atoms with Gasteiger partial charge in [0, 0.05) is 12.5 Å². The molecule has 1 saturated carbocycles. The van der Waals surface area contributed by atoms with Gasteiger partial charge in [-0.25, -0.2) is 17.5 Å². The van der Waals surface area contributed by atoms with Crippen LogP contribution in [-0.2, 0) is 10.9 Å². The second-order valence-electron chi connectivity index (χ2n) is 8.60. The van der Waals surface area contributed by atoms with Crippen molar-refractivity contribution in [3.05, 3.63) is 47.5 Å². The van der Waals surface area contributed by atoms with Crippen molar-refractivity contribution in [1.29, 1.82) is 0 Å². The van der Waals surface area contributed by atoms with Gasteiger partial charge in [-0.05, 0) is 69.6 Å². The van der Waals surface area contributed by atoms with Crippen molar-refractivity contribution in [2.75, 3.05) is 43.4 Å². The van der Waals surface area contributed by atoms with Crippen molar-refractivity contribution in [3.8, 4) is 5.75 Å². The average Bonchev–Trinajstić information content (AvgIpc) is 3.54. The molecule has 0 saturated heterocycles. The monoisotopic (exact) mass is 459 g/mol. The predicted octanol–water partition coefficient (Wildman–Crippen LogP) is 3.30. The summed E-state index contributed by atoms with van der Waals surface area (Å²) in [6.45, 7) is 2.12. The third-order valence-electron chi connectivity index (χ3n) is 6.02. The van der Waals surface area contributed by atoms with Crippen molar-refractivity contribution in [1.82, 2.24) is 4.90 Å². The quantitative estimate of drug-likeness (QED) is 0.370. The number of thiol groups is 1. The highest BCUT2D eigenvalue weighted by molar-refractivity contribution is 7.74. The number of aromatic carboxylic acids is 1. The van der Waals surface area contributed by atoms with Crippen molar-refractivity contribution in [3.63, 3.8) is 0 Å². The Kier molecular flexibility index (Phi) is 6.57. The Bertz CT molecular complexity index is 1080. The van der Waals surface area contributed by atoms with Crippen LogP contribution in [0.3, 0.4) is 0 Å². The van der Waals surface area contributed by atoms with Gasteiger partial charge in [0.05, 0.1) is 23.7 Å². The fourth-order valence-corrected chi connectivity index (χ4v) is 5.00. The van der Waals surface area contributed by atoms with Gasteiger partial charge < -0.3 is 20.1 Å². The average molecular weight is 460 g/mol. The first-order valence-corrected chi connectivity index (χ1v) is 12.0. The lowest BCUT2D eigenvalue weighted by Crippen LogP contribution is -2.22. The van der Waals surface area contributed by atoms with Crippen LogP contribution in [0, 0.1) is 5.92 Å². The van der Waals surface area contributed by atoms with Gasteiger partial charge in [-0.3, -0.25) is 0 Å². The second kappa shape index (κ2) is 9.38. The maximum atomic E-state index is 12.4. The van der Waals surface area contributed by atoms with Crippen LogP contribution in [0.2, 0.25) is 0 Å². The highest BCUT2D eigenvalue weighted by Crippen LogP contribution is 2.56. The van der Waals surface area contributed by atoms with E-state index in [1.165, 1.54) is 0 Å². The zero-order valence-electron chi connectivity index (χ0n) is 18.3. The molecule has 8 nitrogen and oxygen atoms in total. The fraction of sp³-hybridized carbons (Fsp3) is 0.435. The number of nitrogens with zero attached hydrogens (tertiary/aromatic N) is 2. The van der Waals surface area contributed by atoms with E-state index in [2.05, 4.69) is 10.2 Å². The van der Waals surface area contributed by atoms with E-state index in [1.807, 2.05) is 26.2 Å². The molecule has 0 radical (unpaired) electrons. The second-order valence-corrected chi connectivity index (χ2v) is 9.48. The summed E-state index contributed by atoms with van der Waals surface area (Å²) >= 11 is 0. The lowest BCUT2D eigenvalue weighted by atomic mass is 10.00. The van der Waals surface area contributed by atoms with E-state index in [-0.39, 0.29) is 11.3 Å². The molecule has 1 heterocycles. The van der Waals surface area contributed by atoms with Gasteiger partial charge >= 0.3 is 5.97 Å². The zero-order chi connectivity index (χ0) is 22.8. The number of carbonyl (C=O) groups is 1. The summed E-state index contributed by atoms with van der Waals surface area (Å²) in [6, 6.07) is 10.4. The van der Waals surface area contributed by atoms with Gasteiger partial charge in [-0.15, -0.1) is 0 Å². The number of para-hydroxylation sites is 2. The molecule has 2 N–H and O–H groups in total. The summed E-state index contributed by atoms with van der Waals surface area (Å²) in [5.41, 5.74) is 1.87. The zero-order valence-corrected chi connectivity index (χ0v) is 19.2. The molecule has 4 rings (SSSR count). The van der Waals surface area contributed by atoms with Crippen LogP contribution >= 0.6 is 0 Å². The van der Waals surface area contributed by atoms with Gasteiger partial charge in [0.25, 0.3) is 0 Å². The van der Waals surface area contributed by atoms with Gasteiger partial charge in [-0.2, -0.15) is 0 Å². The highest BCUT2D eigenvalue weighted by Gasteiger charge is 2.45. The van der Waals surface area contributed by atoms with Gasteiger partial charge in [-0.1, -0.05) is 18.2 Å². The number of hydrogen-bond donors (Lipinski definition) is 3.